The fourth-order valence-corrected chi connectivity index (χ4v) is 4.71. The fraction of sp³-hybridized carbons (Fsp3) is 0.565. The number of carbonyl (C=O) groups excluding carboxylic acids is 1. The SMILES string of the molecule is C[C@@H](COCCC(=O)N1CCN2c3ncc(C(F)(F)F)cc3N(C)C[C@@H]2C1)Nc1cn[nH]c(=O)c1C(F)(F)F. The predicted octanol–water partition coefficient (Wildman–Crippen LogP) is 2.58. The molecule has 2 aliphatic heterocycles. The Bertz CT molecular complexity index is 1250. The van der Waals surface area contributed by atoms with Gasteiger partial charge in [-0.2, -0.15) is 31.4 Å². The van der Waals surface area contributed by atoms with Gasteiger partial charge in [-0.3, -0.25) is 9.59 Å². The van der Waals surface area contributed by atoms with Crippen molar-refractivity contribution < 1.29 is 35.9 Å². The van der Waals surface area contributed by atoms with Crippen molar-refractivity contribution >= 4 is 23.1 Å². The first-order valence-electron chi connectivity index (χ1n) is 12.1. The highest BCUT2D eigenvalue weighted by atomic mass is 19.4. The molecule has 4 rings (SSSR count). The maximum absolute atomic E-state index is 13.2. The van der Waals surface area contributed by atoms with E-state index in [1.165, 1.54) is 0 Å². The van der Waals surface area contributed by atoms with Gasteiger partial charge in [-0.15, -0.1) is 0 Å². The van der Waals surface area contributed by atoms with Crippen molar-refractivity contribution in [2.75, 3.05) is 61.6 Å². The van der Waals surface area contributed by atoms with E-state index in [0.717, 1.165) is 18.5 Å². The lowest BCUT2D eigenvalue weighted by Gasteiger charge is -2.48. The Labute approximate surface area is 218 Å². The van der Waals surface area contributed by atoms with Gasteiger partial charge in [0.1, 0.15) is 5.56 Å². The first kappa shape index (κ1) is 28.4. The van der Waals surface area contributed by atoms with Gasteiger partial charge in [-0.25, -0.2) is 10.1 Å². The normalized spacial score (nSPS) is 18.5. The molecule has 1 saturated heterocycles. The van der Waals surface area contributed by atoms with E-state index in [1.807, 2.05) is 4.90 Å². The van der Waals surface area contributed by atoms with E-state index in [9.17, 15) is 35.9 Å². The zero-order valence-corrected chi connectivity index (χ0v) is 21.1. The molecule has 0 bridgehead atoms. The van der Waals surface area contributed by atoms with Crippen LogP contribution in [0, 0.1) is 0 Å². The lowest BCUT2D eigenvalue weighted by molar-refractivity contribution is -0.138. The molecule has 0 radical (unpaired) electrons. The molecule has 0 aromatic carbocycles. The molecular formula is C23H27F6N7O3. The molecule has 2 aromatic rings. The first-order valence-corrected chi connectivity index (χ1v) is 12.1. The first-order chi connectivity index (χ1) is 18.3. The van der Waals surface area contributed by atoms with Gasteiger partial charge in [0.05, 0.1) is 48.8 Å². The summed E-state index contributed by atoms with van der Waals surface area (Å²) in [6.07, 6.45) is -7.64. The van der Waals surface area contributed by atoms with Crippen LogP contribution in [0.2, 0.25) is 0 Å². The van der Waals surface area contributed by atoms with E-state index in [2.05, 4.69) is 15.4 Å². The van der Waals surface area contributed by atoms with Crippen LogP contribution in [0.5, 0.6) is 0 Å². The number of aromatic amines is 1. The van der Waals surface area contributed by atoms with Crippen LogP contribution in [0.15, 0.2) is 23.3 Å². The number of rotatable bonds is 7. The summed E-state index contributed by atoms with van der Waals surface area (Å²) in [5.41, 5.74) is -3.65. The van der Waals surface area contributed by atoms with E-state index in [1.54, 1.807) is 28.9 Å². The van der Waals surface area contributed by atoms with Crippen LogP contribution in [0.25, 0.3) is 0 Å². The van der Waals surface area contributed by atoms with Crippen LogP contribution >= 0.6 is 0 Å². The number of carbonyl (C=O) groups is 1. The number of H-pyrrole nitrogens is 1. The Morgan fingerprint density at radius 1 is 1.18 bits per heavy atom. The van der Waals surface area contributed by atoms with Crippen molar-refractivity contribution in [3.63, 3.8) is 0 Å². The second kappa shape index (κ2) is 10.9. The van der Waals surface area contributed by atoms with E-state index in [4.69, 9.17) is 4.74 Å². The molecule has 2 atom stereocenters. The third kappa shape index (κ3) is 6.37. The minimum atomic E-state index is -4.87. The highest BCUT2D eigenvalue weighted by Crippen LogP contribution is 2.39. The molecule has 0 unspecified atom stereocenters. The average Bonchev–Trinajstić information content (AvgIpc) is 2.84. The number of aromatic nitrogens is 3. The molecule has 10 nitrogen and oxygen atoms in total. The third-order valence-electron chi connectivity index (χ3n) is 6.55. The highest BCUT2D eigenvalue weighted by molar-refractivity contribution is 5.77. The Hall–Kier alpha value is -3.56. The van der Waals surface area contributed by atoms with Crippen LogP contribution in [0.4, 0.5) is 43.5 Å². The Balaban J connectivity index is 1.27. The van der Waals surface area contributed by atoms with Gasteiger partial charge in [-0.05, 0) is 13.0 Å². The van der Waals surface area contributed by atoms with Crippen molar-refractivity contribution in [3.8, 4) is 0 Å². The number of pyridine rings is 1. The largest absolute Gasteiger partial charge is 0.423 e. The van der Waals surface area contributed by atoms with Gasteiger partial charge in [0, 0.05) is 45.5 Å². The number of likely N-dealkylation sites (N-methyl/N-ethyl adjacent to an activating group) is 1. The van der Waals surface area contributed by atoms with E-state index in [0.29, 0.717) is 37.7 Å². The molecule has 0 saturated carbocycles. The monoisotopic (exact) mass is 563 g/mol. The van der Waals surface area contributed by atoms with Gasteiger partial charge in [0.25, 0.3) is 5.56 Å². The quantitative estimate of drug-likeness (QED) is 0.391. The van der Waals surface area contributed by atoms with Gasteiger partial charge < -0.3 is 24.8 Å². The van der Waals surface area contributed by atoms with E-state index < -0.39 is 40.8 Å². The molecule has 214 valence electrons. The summed E-state index contributed by atoms with van der Waals surface area (Å²) in [4.78, 5) is 33.7. The topological polar surface area (TPSA) is 107 Å². The van der Waals surface area contributed by atoms with Gasteiger partial charge in [0.15, 0.2) is 5.82 Å². The minimum Gasteiger partial charge on any atom is -0.379 e. The van der Waals surface area contributed by atoms with E-state index >= 15 is 0 Å². The summed E-state index contributed by atoms with van der Waals surface area (Å²) in [5.74, 6) is 0.269. The van der Waals surface area contributed by atoms with Crippen LogP contribution in [-0.4, -0.2) is 84.5 Å². The second-order valence-corrected chi connectivity index (χ2v) is 9.49. The van der Waals surface area contributed by atoms with Crippen LogP contribution in [-0.2, 0) is 21.9 Å². The zero-order chi connectivity index (χ0) is 28.5. The minimum absolute atomic E-state index is 0.0268. The molecular weight excluding hydrogens is 536 g/mol. The number of piperazine rings is 1. The summed E-state index contributed by atoms with van der Waals surface area (Å²) in [7, 11) is 1.68. The highest BCUT2D eigenvalue weighted by Gasteiger charge is 2.39. The van der Waals surface area contributed by atoms with Crippen LogP contribution in [0.1, 0.15) is 24.5 Å². The number of halogens is 6. The molecule has 2 aliphatic rings. The number of ether oxygens (including phenoxy) is 1. The third-order valence-corrected chi connectivity index (χ3v) is 6.55. The molecule has 16 heteroatoms. The van der Waals surface area contributed by atoms with Crippen LogP contribution < -0.4 is 20.7 Å². The standard InChI is InChI=1S/C23H27F6N7O3/c1-13(32-16-9-31-33-21(38)19(16)23(27,28)29)12-39-6-3-18(37)35-4-5-36-15(11-35)10-34(2)17-7-14(22(24,25)26)8-30-20(17)36/h7-9,13,15H,3-6,10-12H2,1-2H3,(H2,32,33,38)/t13-,15+/m0/s1. The van der Waals surface area contributed by atoms with Crippen molar-refractivity contribution in [3.05, 3.63) is 39.9 Å². The predicted molar refractivity (Wildman–Crippen MR) is 129 cm³/mol. The number of amides is 1. The second-order valence-electron chi connectivity index (χ2n) is 9.49. The summed E-state index contributed by atoms with van der Waals surface area (Å²) in [5, 5.41) is 7.72. The molecule has 0 aliphatic carbocycles. The lowest BCUT2D eigenvalue weighted by atomic mass is 10.1. The van der Waals surface area contributed by atoms with Crippen molar-refractivity contribution in [2.24, 2.45) is 0 Å². The lowest BCUT2D eigenvalue weighted by Crippen LogP contribution is -2.60. The van der Waals surface area contributed by atoms with Crippen molar-refractivity contribution in [2.45, 2.75) is 37.8 Å². The van der Waals surface area contributed by atoms with Crippen molar-refractivity contribution in [1.29, 1.82) is 0 Å². The number of alkyl halides is 6. The number of fused-ring (bicyclic) bond motifs is 3. The van der Waals surface area contributed by atoms with Gasteiger partial charge >= 0.3 is 12.4 Å². The summed E-state index contributed by atoms with van der Waals surface area (Å²) >= 11 is 0. The van der Waals surface area contributed by atoms with Gasteiger partial charge in [0.2, 0.25) is 5.91 Å². The molecule has 1 fully saturated rings. The summed E-state index contributed by atoms with van der Waals surface area (Å²) in [6, 6.07) is 0.316. The smallest absolute Gasteiger partial charge is 0.379 e. The molecule has 0 spiro atoms. The number of nitrogens with zero attached hydrogens (tertiary/aromatic N) is 5. The Morgan fingerprint density at radius 2 is 1.92 bits per heavy atom. The fourth-order valence-electron chi connectivity index (χ4n) is 4.71. The molecule has 39 heavy (non-hydrogen) atoms. The number of hydrogen-bond donors (Lipinski definition) is 2. The Morgan fingerprint density at radius 3 is 2.62 bits per heavy atom. The Kier molecular flexibility index (Phi) is 7.95. The van der Waals surface area contributed by atoms with Crippen LogP contribution in [0.3, 0.4) is 0 Å². The average molecular weight is 564 g/mol. The number of nitrogens with one attached hydrogen (secondary N) is 2. The van der Waals surface area contributed by atoms with Gasteiger partial charge in [-0.1, -0.05) is 0 Å². The number of anilines is 3. The molecule has 1 amide bonds. The van der Waals surface area contributed by atoms with Crippen molar-refractivity contribution in [1.82, 2.24) is 20.1 Å². The molecule has 2 N–H and O–H groups in total. The maximum Gasteiger partial charge on any atom is 0.423 e. The summed E-state index contributed by atoms with van der Waals surface area (Å²) in [6.45, 7) is 3.10. The van der Waals surface area contributed by atoms with E-state index in [-0.39, 0.29) is 31.6 Å². The zero-order valence-electron chi connectivity index (χ0n) is 21.1. The summed E-state index contributed by atoms with van der Waals surface area (Å²) < 4.78 is 84.4. The molecule has 4 heterocycles. The molecule has 2 aromatic heterocycles. The number of hydrogen-bond acceptors (Lipinski definition) is 8. The maximum atomic E-state index is 13.2.